The van der Waals surface area contributed by atoms with E-state index in [1.807, 2.05) is 27.7 Å². The lowest BCUT2D eigenvalue weighted by molar-refractivity contribution is -0.142. The van der Waals surface area contributed by atoms with Gasteiger partial charge in [-0.15, -0.1) is 0 Å². The van der Waals surface area contributed by atoms with E-state index in [1.165, 1.54) is 6.92 Å². The van der Waals surface area contributed by atoms with E-state index in [-0.39, 0.29) is 29.6 Å². The fraction of sp³-hybridized carbons (Fsp3) is 0.846. The summed E-state index contributed by atoms with van der Waals surface area (Å²) in [4.78, 5) is 25.3. The molecule has 1 N–H and O–H groups in total. The maximum absolute atomic E-state index is 12.3. The van der Waals surface area contributed by atoms with Crippen LogP contribution in [0.15, 0.2) is 0 Å². The number of aliphatic hydroxyl groups excluding tert-OH is 1. The third-order valence-corrected chi connectivity index (χ3v) is 3.70. The Kier molecular flexibility index (Phi) is 3.97. The summed E-state index contributed by atoms with van der Waals surface area (Å²) in [7, 11) is 0. The number of carbonyl (C=O) groups excluding carboxylic acids is 2. The van der Waals surface area contributed by atoms with Crippen LogP contribution in [0.1, 0.15) is 41.0 Å². The average Bonchev–Trinajstić information content (AvgIpc) is 2.56. The first-order valence-corrected chi connectivity index (χ1v) is 6.13. The second kappa shape index (κ2) is 4.77. The average molecular weight is 241 g/mol. The number of likely N-dealkylation sites (tertiary alicyclic amines) is 1. The Balaban J connectivity index is 2.84. The molecular weight excluding hydrogens is 218 g/mol. The van der Waals surface area contributed by atoms with E-state index in [9.17, 15) is 14.7 Å². The number of aliphatic hydroxyl groups is 1. The first kappa shape index (κ1) is 14.2. The number of Topliss-reactive ketones (excluding diaryl/α,β-unsaturated/α-hetero) is 1. The van der Waals surface area contributed by atoms with Gasteiger partial charge in [0.05, 0.1) is 12.1 Å². The zero-order valence-corrected chi connectivity index (χ0v) is 11.4. The molecular formula is C13H23NO3. The number of carbonyl (C=O) groups is 2. The standard InChI is InChI=1S/C13H23NO3/c1-8(13(3,4)5)12(17)14-7-10(16)6-11(14)9(2)15/h8,10-11,16H,6-7H2,1-5H3/t8-,10-,11+/m1/s1. The van der Waals surface area contributed by atoms with E-state index in [1.54, 1.807) is 4.90 Å². The largest absolute Gasteiger partial charge is 0.391 e. The number of rotatable bonds is 2. The molecule has 0 aliphatic carbocycles. The minimum absolute atomic E-state index is 0.0331. The SMILES string of the molecule is CC(=O)[C@@H]1C[C@@H](O)CN1C(=O)[C@@H](C)C(C)(C)C. The lowest BCUT2D eigenvalue weighted by Crippen LogP contribution is -2.45. The zero-order chi connectivity index (χ0) is 13.4. The van der Waals surface area contributed by atoms with Crippen LogP contribution in [0.4, 0.5) is 0 Å². The summed E-state index contributed by atoms with van der Waals surface area (Å²) in [6.07, 6.45) is -0.196. The van der Waals surface area contributed by atoms with Gasteiger partial charge in [0.25, 0.3) is 0 Å². The summed E-state index contributed by atoms with van der Waals surface area (Å²) in [6.45, 7) is 9.65. The highest BCUT2D eigenvalue weighted by atomic mass is 16.3. The lowest BCUT2D eigenvalue weighted by Gasteiger charge is -2.32. The van der Waals surface area contributed by atoms with Crippen molar-refractivity contribution in [2.24, 2.45) is 11.3 Å². The Bertz CT molecular complexity index is 319. The van der Waals surface area contributed by atoms with Crippen molar-refractivity contribution < 1.29 is 14.7 Å². The highest BCUT2D eigenvalue weighted by Crippen LogP contribution is 2.30. The van der Waals surface area contributed by atoms with Gasteiger partial charge in [-0.2, -0.15) is 0 Å². The molecule has 0 radical (unpaired) electrons. The molecule has 1 heterocycles. The number of hydrogen-bond donors (Lipinski definition) is 1. The van der Waals surface area contributed by atoms with Crippen LogP contribution in [0, 0.1) is 11.3 Å². The topological polar surface area (TPSA) is 57.6 Å². The first-order chi connectivity index (χ1) is 7.64. The number of hydrogen-bond acceptors (Lipinski definition) is 3. The Labute approximate surface area is 103 Å². The fourth-order valence-corrected chi connectivity index (χ4v) is 2.06. The number of nitrogens with zero attached hydrogens (tertiary/aromatic N) is 1. The molecule has 3 atom stereocenters. The summed E-state index contributed by atoms with van der Waals surface area (Å²) < 4.78 is 0. The Morgan fingerprint density at radius 1 is 1.35 bits per heavy atom. The molecule has 4 nitrogen and oxygen atoms in total. The van der Waals surface area contributed by atoms with Crippen molar-refractivity contribution in [3.63, 3.8) is 0 Å². The zero-order valence-electron chi connectivity index (χ0n) is 11.4. The summed E-state index contributed by atoms with van der Waals surface area (Å²) in [5.41, 5.74) is -0.133. The maximum Gasteiger partial charge on any atom is 0.226 e. The van der Waals surface area contributed by atoms with Crippen molar-refractivity contribution in [3.05, 3.63) is 0 Å². The fourth-order valence-electron chi connectivity index (χ4n) is 2.06. The first-order valence-electron chi connectivity index (χ1n) is 6.13. The maximum atomic E-state index is 12.3. The van der Waals surface area contributed by atoms with Crippen molar-refractivity contribution in [1.29, 1.82) is 0 Å². The molecule has 1 amide bonds. The van der Waals surface area contributed by atoms with Gasteiger partial charge in [-0.25, -0.2) is 0 Å². The highest BCUT2D eigenvalue weighted by molar-refractivity contribution is 5.89. The molecule has 1 aliphatic rings. The lowest BCUT2D eigenvalue weighted by atomic mass is 9.81. The number of amides is 1. The van der Waals surface area contributed by atoms with Gasteiger partial charge in [-0.05, 0) is 12.3 Å². The van der Waals surface area contributed by atoms with E-state index in [0.29, 0.717) is 6.42 Å². The molecule has 1 rings (SSSR count). The Hall–Kier alpha value is -0.900. The van der Waals surface area contributed by atoms with Crippen LogP contribution in [0.25, 0.3) is 0 Å². The van der Waals surface area contributed by atoms with Crippen molar-refractivity contribution in [1.82, 2.24) is 4.90 Å². The van der Waals surface area contributed by atoms with Gasteiger partial charge in [-0.1, -0.05) is 27.7 Å². The predicted octanol–water partition coefficient (Wildman–Crippen LogP) is 1.22. The van der Waals surface area contributed by atoms with Crippen LogP contribution < -0.4 is 0 Å². The molecule has 4 heteroatoms. The molecule has 0 aromatic rings. The van der Waals surface area contributed by atoms with Crippen LogP contribution in [0.3, 0.4) is 0 Å². The quantitative estimate of drug-likeness (QED) is 0.791. The van der Waals surface area contributed by atoms with E-state index in [2.05, 4.69) is 0 Å². The number of ketones is 1. The second-order valence-corrected chi connectivity index (χ2v) is 6.09. The molecule has 1 saturated heterocycles. The van der Waals surface area contributed by atoms with Crippen LogP contribution >= 0.6 is 0 Å². The Morgan fingerprint density at radius 3 is 2.29 bits per heavy atom. The van der Waals surface area contributed by atoms with Gasteiger partial charge in [0, 0.05) is 18.9 Å². The second-order valence-electron chi connectivity index (χ2n) is 6.09. The molecule has 0 aromatic heterocycles. The molecule has 0 saturated carbocycles. The van der Waals surface area contributed by atoms with Crippen LogP contribution in [0.5, 0.6) is 0 Å². The molecule has 0 spiro atoms. The van der Waals surface area contributed by atoms with E-state index in [4.69, 9.17) is 0 Å². The molecule has 1 fully saturated rings. The summed E-state index contributed by atoms with van der Waals surface area (Å²) in [5, 5.41) is 9.61. The predicted molar refractivity (Wildman–Crippen MR) is 65.4 cm³/mol. The van der Waals surface area contributed by atoms with Crippen LogP contribution in [-0.4, -0.2) is 40.4 Å². The molecule has 0 bridgehead atoms. The molecule has 1 aliphatic heterocycles. The van der Waals surface area contributed by atoms with Gasteiger partial charge < -0.3 is 10.0 Å². The van der Waals surface area contributed by atoms with Gasteiger partial charge >= 0.3 is 0 Å². The number of β-amino-alcohol motifs (C(OH)–C–C–N with tert-alkyl or cyclic N) is 1. The smallest absolute Gasteiger partial charge is 0.226 e. The van der Waals surface area contributed by atoms with E-state index in [0.717, 1.165) is 0 Å². The van der Waals surface area contributed by atoms with Crippen LogP contribution in [-0.2, 0) is 9.59 Å². The molecule has 98 valence electrons. The van der Waals surface area contributed by atoms with Crippen molar-refractivity contribution in [2.75, 3.05) is 6.54 Å². The van der Waals surface area contributed by atoms with E-state index >= 15 is 0 Å². The monoisotopic (exact) mass is 241 g/mol. The van der Waals surface area contributed by atoms with Crippen molar-refractivity contribution in [3.8, 4) is 0 Å². The molecule has 0 unspecified atom stereocenters. The molecule has 17 heavy (non-hydrogen) atoms. The summed E-state index contributed by atoms with van der Waals surface area (Å²) in [5.74, 6) is -0.236. The van der Waals surface area contributed by atoms with Gasteiger partial charge in [-0.3, -0.25) is 9.59 Å². The molecule has 0 aromatic carbocycles. The third-order valence-electron chi connectivity index (χ3n) is 3.70. The highest BCUT2D eigenvalue weighted by Gasteiger charge is 2.40. The van der Waals surface area contributed by atoms with Gasteiger partial charge in [0.2, 0.25) is 5.91 Å². The summed E-state index contributed by atoms with van der Waals surface area (Å²) >= 11 is 0. The minimum Gasteiger partial charge on any atom is -0.391 e. The van der Waals surface area contributed by atoms with Gasteiger partial charge in [0.1, 0.15) is 0 Å². The minimum atomic E-state index is -0.569. The van der Waals surface area contributed by atoms with Crippen molar-refractivity contribution in [2.45, 2.75) is 53.2 Å². The Morgan fingerprint density at radius 2 is 1.88 bits per heavy atom. The van der Waals surface area contributed by atoms with Crippen LogP contribution in [0.2, 0.25) is 0 Å². The van der Waals surface area contributed by atoms with Crippen molar-refractivity contribution >= 4 is 11.7 Å². The van der Waals surface area contributed by atoms with E-state index < -0.39 is 12.1 Å². The summed E-state index contributed by atoms with van der Waals surface area (Å²) in [6, 6.07) is -0.442. The van der Waals surface area contributed by atoms with Gasteiger partial charge in [0.15, 0.2) is 5.78 Å². The normalized spacial score (nSPS) is 27.1. The third kappa shape index (κ3) is 3.06.